The molecule has 5 rings (SSSR count). The lowest BCUT2D eigenvalue weighted by Crippen LogP contribution is -2.44. The lowest BCUT2D eigenvalue weighted by Gasteiger charge is -2.33. The summed E-state index contributed by atoms with van der Waals surface area (Å²) in [5.74, 6) is 1.30. The fraction of sp³-hybridized carbons (Fsp3) is 0.455. The molecule has 2 aliphatic rings. The van der Waals surface area contributed by atoms with Crippen molar-refractivity contribution in [2.24, 2.45) is 4.99 Å². The van der Waals surface area contributed by atoms with Crippen LogP contribution < -0.4 is 10.2 Å². The highest BCUT2D eigenvalue weighted by atomic mass is 15.3. The largest absolute Gasteiger partial charge is 0.368 e. The second-order valence-electron chi connectivity index (χ2n) is 8.87. The Balaban J connectivity index is 1.40. The molecule has 0 spiro atoms. The van der Waals surface area contributed by atoms with Crippen LogP contribution in [0.1, 0.15) is 26.5 Å². The molecule has 1 N–H and O–H groups in total. The van der Waals surface area contributed by atoms with E-state index < -0.39 is 0 Å². The minimum Gasteiger partial charge on any atom is -0.368 e. The number of anilines is 3. The molecular weight excluding hydrogens is 376 g/mol. The molecule has 1 saturated heterocycles. The summed E-state index contributed by atoms with van der Waals surface area (Å²) >= 11 is 0. The lowest BCUT2D eigenvalue weighted by molar-refractivity contribution is 0.313. The van der Waals surface area contributed by atoms with Gasteiger partial charge in [-0.1, -0.05) is 0 Å². The van der Waals surface area contributed by atoms with Crippen LogP contribution in [0.4, 0.5) is 17.5 Å². The minimum absolute atomic E-state index is 0.120. The van der Waals surface area contributed by atoms with E-state index in [4.69, 9.17) is 4.98 Å². The van der Waals surface area contributed by atoms with Crippen molar-refractivity contribution in [1.82, 2.24) is 24.4 Å². The van der Waals surface area contributed by atoms with Crippen LogP contribution in [-0.2, 0) is 5.54 Å². The van der Waals surface area contributed by atoms with Crippen molar-refractivity contribution >= 4 is 34.2 Å². The minimum atomic E-state index is -0.120. The third-order valence-corrected chi connectivity index (χ3v) is 6.08. The molecule has 0 radical (unpaired) electrons. The maximum atomic E-state index is 4.82. The molecule has 0 atom stereocenters. The monoisotopic (exact) mass is 404 g/mol. The van der Waals surface area contributed by atoms with Crippen LogP contribution >= 0.6 is 0 Å². The number of hydrogen-bond donors (Lipinski definition) is 1. The predicted molar refractivity (Wildman–Crippen MR) is 121 cm³/mol. The summed E-state index contributed by atoms with van der Waals surface area (Å²) < 4.78 is 2.28. The zero-order valence-electron chi connectivity index (χ0n) is 18.1. The molecule has 0 saturated carbocycles. The quantitative estimate of drug-likeness (QED) is 0.724. The lowest BCUT2D eigenvalue weighted by atomic mass is 10.0. The van der Waals surface area contributed by atoms with E-state index in [0.717, 1.165) is 66.7 Å². The summed E-state index contributed by atoms with van der Waals surface area (Å²) in [4.78, 5) is 23.3. The number of fused-ring (bicyclic) bond motifs is 3. The van der Waals surface area contributed by atoms with Gasteiger partial charge in [-0.2, -0.15) is 4.98 Å². The van der Waals surface area contributed by atoms with E-state index in [2.05, 4.69) is 74.6 Å². The summed E-state index contributed by atoms with van der Waals surface area (Å²) in [7, 11) is 2.16. The highest BCUT2D eigenvalue weighted by molar-refractivity contribution is 6.02. The van der Waals surface area contributed by atoms with Gasteiger partial charge in [0.15, 0.2) is 0 Å². The van der Waals surface area contributed by atoms with Gasteiger partial charge >= 0.3 is 0 Å². The molecule has 2 aliphatic heterocycles. The summed E-state index contributed by atoms with van der Waals surface area (Å²) in [5.41, 5.74) is 4.12. The zero-order valence-corrected chi connectivity index (χ0v) is 18.1. The third-order valence-electron chi connectivity index (χ3n) is 6.08. The summed E-state index contributed by atoms with van der Waals surface area (Å²) in [6.07, 6.45) is 3.80. The number of rotatable bonds is 3. The van der Waals surface area contributed by atoms with Crippen molar-refractivity contribution in [3.8, 4) is 0 Å². The Morgan fingerprint density at radius 1 is 1.03 bits per heavy atom. The van der Waals surface area contributed by atoms with Crippen molar-refractivity contribution in [2.75, 3.05) is 50.0 Å². The van der Waals surface area contributed by atoms with Gasteiger partial charge in [-0.3, -0.25) is 4.99 Å². The molecule has 8 heteroatoms. The molecule has 3 aromatic rings. The van der Waals surface area contributed by atoms with E-state index in [1.54, 1.807) is 0 Å². The van der Waals surface area contributed by atoms with Crippen LogP contribution in [-0.4, -0.2) is 69.9 Å². The fourth-order valence-corrected chi connectivity index (χ4v) is 4.22. The summed E-state index contributed by atoms with van der Waals surface area (Å²) in [6.45, 7) is 11.4. The molecule has 0 aromatic carbocycles. The van der Waals surface area contributed by atoms with Crippen molar-refractivity contribution in [3.63, 3.8) is 0 Å². The van der Waals surface area contributed by atoms with Crippen molar-refractivity contribution in [1.29, 1.82) is 0 Å². The van der Waals surface area contributed by atoms with Crippen LogP contribution in [0, 0.1) is 0 Å². The van der Waals surface area contributed by atoms with Gasteiger partial charge in [0.05, 0.1) is 35.4 Å². The number of nitrogens with one attached hydrogen (secondary N) is 1. The van der Waals surface area contributed by atoms with E-state index in [1.165, 1.54) is 0 Å². The van der Waals surface area contributed by atoms with Crippen LogP contribution in [0.15, 0.2) is 35.6 Å². The number of pyridine rings is 1. The molecule has 8 nitrogen and oxygen atoms in total. The van der Waals surface area contributed by atoms with Crippen molar-refractivity contribution < 1.29 is 0 Å². The topological polar surface area (TPSA) is 74.5 Å². The van der Waals surface area contributed by atoms with E-state index in [9.17, 15) is 0 Å². The van der Waals surface area contributed by atoms with E-state index in [0.29, 0.717) is 5.95 Å². The molecule has 0 aliphatic carbocycles. The van der Waals surface area contributed by atoms with Crippen LogP contribution in [0.25, 0.3) is 11.0 Å². The molecule has 30 heavy (non-hydrogen) atoms. The number of aromatic nitrogens is 4. The molecule has 156 valence electrons. The van der Waals surface area contributed by atoms with Crippen LogP contribution in [0.3, 0.4) is 0 Å². The van der Waals surface area contributed by atoms with Gasteiger partial charge in [-0.15, -0.1) is 0 Å². The predicted octanol–water partition coefficient (Wildman–Crippen LogP) is 2.88. The van der Waals surface area contributed by atoms with Crippen molar-refractivity contribution in [3.05, 3.63) is 36.3 Å². The Morgan fingerprint density at radius 3 is 2.57 bits per heavy atom. The average Bonchev–Trinajstić information content (AvgIpc) is 3.13. The third kappa shape index (κ3) is 3.31. The van der Waals surface area contributed by atoms with Gasteiger partial charge in [0.2, 0.25) is 5.95 Å². The van der Waals surface area contributed by atoms with E-state index in [1.807, 2.05) is 18.5 Å². The highest BCUT2D eigenvalue weighted by Crippen LogP contribution is 2.31. The Hall–Kier alpha value is -3.00. The molecule has 0 unspecified atom stereocenters. The number of piperazine rings is 1. The maximum absolute atomic E-state index is 4.82. The Bertz CT molecular complexity index is 1100. The Kier molecular flexibility index (Phi) is 4.47. The molecule has 3 aromatic heterocycles. The fourth-order valence-electron chi connectivity index (χ4n) is 4.22. The molecule has 5 heterocycles. The second-order valence-corrected chi connectivity index (χ2v) is 8.87. The van der Waals surface area contributed by atoms with Gasteiger partial charge in [-0.05, 0) is 46.0 Å². The molecule has 0 amide bonds. The van der Waals surface area contributed by atoms with Crippen LogP contribution in [0.2, 0.25) is 0 Å². The Labute approximate surface area is 176 Å². The standard InChI is InChI=1S/C22H28N8/c1-15-18-11-16-12-24-21(27-20(16)30(18)22(2,3)14-25-15)26-19-6-5-17(13-23-19)29-9-7-28(4)8-10-29/h5-6,11-13H,7-10,14H2,1-4H3,(H,23,24,26,27). The van der Waals surface area contributed by atoms with Crippen molar-refractivity contribution in [2.45, 2.75) is 26.3 Å². The molecular formula is C22H28N8. The second kappa shape index (κ2) is 7.05. The molecule has 1 fully saturated rings. The normalized spacial score (nSPS) is 18.9. The first-order chi connectivity index (χ1) is 14.4. The summed E-state index contributed by atoms with van der Waals surface area (Å²) in [5, 5.41) is 4.29. The van der Waals surface area contributed by atoms with E-state index >= 15 is 0 Å². The average molecular weight is 405 g/mol. The smallest absolute Gasteiger partial charge is 0.230 e. The van der Waals surface area contributed by atoms with Crippen LogP contribution in [0.5, 0.6) is 0 Å². The Morgan fingerprint density at radius 2 is 1.83 bits per heavy atom. The van der Waals surface area contributed by atoms with Gasteiger partial charge in [0, 0.05) is 37.8 Å². The number of hydrogen-bond acceptors (Lipinski definition) is 7. The zero-order chi connectivity index (χ0) is 20.9. The first-order valence-corrected chi connectivity index (χ1v) is 10.5. The number of nitrogens with zero attached hydrogens (tertiary/aromatic N) is 7. The summed E-state index contributed by atoms with van der Waals surface area (Å²) in [6, 6.07) is 6.23. The number of likely N-dealkylation sites (N-methyl/N-ethyl adjacent to an activating group) is 1. The van der Waals surface area contributed by atoms with E-state index in [-0.39, 0.29) is 5.54 Å². The maximum Gasteiger partial charge on any atom is 0.230 e. The number of aliphatic imine (C=N–C) groups is 1. The first kappa shape index (κ1) is 19.0. The first-order valence-electron chi connectivity index (χ1n) is 10.5. The molecule has 0 bridgehead atoms. The van der Waals surface area contributed by atoms with Gasteiger partial charge in [-0.25, -0.2) is 9.97 Å². The van der Waals surface area contributed by atoms with Gasteiger partial charge < -0.3 is 19.7 Å². The highest BCUT2D eigenvalue weighted by Gasteiger charge is 2.30. The SMILES string of the molecule is CC1=NCC(C)(C)n2c1cc1cnc(Nc3ccc(N4CCN(C)CC4)cn3)nc12. The van der Waals surface area contributed by atoms with Gasteiger partial charge in [0.1, 0.15) is 11.5 Å². The van der Waals surface area contributed by atoms with Gasteiger partial charge in [0.25, 0.3) is 0 Å².